The van der Waals surface area contributed by atoms with Gasteiger partial charge in [0.05, 0.1) is 16.8 Å². The Morgan fingerprint density at radius 1 is 1.25 bits per heavy atom. The monoisotopic (exact) mass is 453 g/mol. The van der Waals surface area contributed by atoms with E-state index in [9.17, 15) is 14.7 Å². The van der Waals surface area contributed by atoms with E-state index in [-0.39, 0.29) is 17.3 Å². The topological polar surface area (TPSA) is 99.8 Å². The van der Waals surface area contributed by atoms with Crippen LogP contribution in [0.3, 0.4) is 0 Å². The molecule has 3 aromatic rings. The number of carboxylic acids is 1. The normalized spacial score (nSPS) is 18.0. The number of fused-ring (bicyclic) bond motifs is 1. The third-order valence-electron chi connectivity index (χ3n) is 6.70. The van der Waals surface area contributed by atoms with Crippen molar-refractivity contribution < 1.29 is 9.90 Å². The Labute approximate surface area is 189 Å². The van der Waals surface area contributed by atoms with Crippen LogP contribution in [0.1, 0.15) is 54.7 Å². The lowest BCUT2D eigenvalue weighted by Crippen LogP contribution is -2.36. The van der Waals surface area contributed by atoms with Crippen LogP contribution >= 0.6 is 11.6 Å². The quantitative estimate of drug-likeness (QED) is 0.602. The fraction of sp³-hybridized carbons (Fsp3) is 0.391. The highest BCUT2D eigenvalue weighted by atomic mass is 35.5. The molecule has 0 bridgehead atoms. The molecule has 1 saturated carbocycles. The van der Waals surface area contributed by atoms with Crippen LogP contribution in [0.15, 0.2) is 41.5 Å². The van der Waals surface area contributed by atoms with Crippen LogP contribution in [-0.4, -0.2) is 38.5 Å². The van der Waals surface area contributed by atoms with E-state index in [1.807, 2.05) is 6.92 Å². The van der Waals surface area contributed by atoms with Crippen molar-refractivity contribution in [1.29, 1.82) is 0 Å². The molecule has 1 spiro atoms. The van der Waals surface area contributed by atoms with Crippen LogP contribution in [0.5, 0.6) is 0 Å². The summed E-state index contributed by atoms with van der Waals surface area (Å²) in [5, 5.41) is 13.0. The van der Waals surface area contributed by atoms with Crippen molar-refractivity contribution in [3.8, 4) is 0 Å². The largest absolute Gasteiger partial charge is 0.476 e. The molecule has 0 radical (unpaired) electrons. The molecule has 1 aliphatic carbocycles. The number of halogens is 1. The van der Waals surface area contributed by atoms with Gasteiger partial charge in [-0.25, -0.2) is 14.8 Å². The van der Waals surface area contributed by atoms with Gasteiger partial charge < -0.3 is 15.3 Å². The number of aromatic nitrogens is 3. The van der Waals surface area contributed by atoms with Crippen LogP contribution in [0.25, 0.3) is 5.65 Å². The number of pyridine rings is 2. The Morgan fingerprint density at radius 3 is 2.69 bits per heavy atom. The first kappa shape index (κ1) is 20.8. The van der Waals surface area contributed by atoms with Gasteiger partial charge in [0, 0.05) is 37.1 Å². The molecule has 1 saturated heterocycles. The van der Waals surface area contributed by atoms with E-state index in [0.29, 0.717) is 33.2 Å². The van der Waals surface area contributed by atoms with Crippen molar-refractivity contribution in [3.63, 3.8) is 0 Å². The van der Waals surface area contributed by atoms with E-state index in [1.165, 1.54) is 23.4 Å². The van der Waals surface area contributed by atoms with Gasteiger partial charge in [-0.15, -0.1) is 0 Å². The second-order valence-electron chi connectivity index (χ2n) is 8.82. The van der Waals surface area contributed by atoms with Crippen LogP contribution < -0.4 is 15.8 Å². The fourth-order valence-corrected chi connectivity index (χ4v) is 4.77. The molecule has 2 fully saturated rings. The Hall–Kier alpha value is -3.13. The Morgan fingerprint density at radius 2 is 2.00 bits per heavy atom. The molecule has 0 amide bonds. The highest BCUT2D eigenvalue weighted by Gasteiger charge is 2.44. The molecule has 5 rings (SSSR count). The van der Waals surface area contributed by atoms with Crippen LogP contribution in [-0.2, 0) is 0 Å². The average Bonchev–Trinajstić information content (AvgIpc) is 3.53. The molecular formula is C23H24ClN5O3. The van der Waals surface area contributed by atoms with Crippen molar-refractivity contribution in [2.45, 2.75) is 38.6 Å². The molecule has 1 atom stereocenters. The lowest BCUT2D eigenvalue weighted by molar-refractivity contribution is 0.0691. The number of nitrogens with zero attached hydrogens (tertiary/aromatic N) is 4. The van der Waals surface area contributed by atoms with Gasteiger partial charge in [0.15, 0.2) is 5.69 Å². The third-order valence-corrected chi connectivity index (χ3v) is 6.90. The smallest absolute Gasteiger partial charge is 0.356 e. The standard InChI is InChI=1S/C23H24ClN5O3/c1-14(26-17-3-2-8-25-20(17)22(31)32)16-11-15(24)13-29-19(30)12-18(27-21(16)29)28-9-6-23(4-5-23)7-10-28/h2-3,8,11-14,26H,4-7,9-10H2,1H3,(H,31,32)/t14-/m1/s1. The van der Waals surface area contributed by atoms with Gasteiger partial charge in [-0.3, -0.25) is 9.20 Å². The first-order valence-corrected chi connectivity index (χ1v) is 11.2. The summed E-state index contributed by atoms with van der Waals surface area (Å²) in [6.07, 6.45) is 7.90. The van der Waals surface area contributed by atoms with Crippen LogP contribution in [0, 0.1) is 5.41 Å². The number of hydrogen-bond acceptors (Lipinski definition) is 6. The van der Waals surface area contributed by atoms with E-state index in [2.05, 4.69) is 15.2 Å². The van der Waals surface area contributed by atoms with E-state index >= 15 is 0 Å². The average molecular weight is 454 g/mol. The molecule has 2 N–H and O–H groups in total. The SMILES string of the molecule is C[C@@H](Nc1cccnc1C(=O)O)c1cc(Cl)cn2c(=O)cc(N3CCC4(CC3)CC4)nc12. The van der Waals surface area contributed by atoms with Gasteiger partial charge >= 0.3 is 5.97 Å². The molecule has 9 heteroatoms. The predicted molar refractivity (Wildman–Crippen MR) is 123 cm³/mol. The number of piperidine rings is 1. The van der Waals surface area contributed by atoms with Gasteiger partial charge in [0.2, 0.25) is 0 Å². The highest BCUT2D eigenvalue weighted by molar-refractivity contribution is 6.30. The van der Waals surface area contributed by atoms with Crippen LogP contribution in [0.4, 0.5) is 11.5 Å². The molecule has 8 nitrogen and oxygen atoms in total. The van der Waals surface area contributed by atoms with Crippen molar-refractivity contribution in [3.05, 3.63) is 63.3 Å². The molecule has 0 unspecified atom stereocenters. The molecule has 2 aliphatic rings. The van der Waals surface area contributed by atoms with Gasteiger partial charge in [0.25, 0.3) is 5.56 Å². The van der Waals surface area contributed by atoms with Crippen molar-refractivity contribution in [2.24, 2.45) is 5.41 Å². The van der Waals surface area contributed by atoms with Crippen LogP contribution in [0.2, 0.25) is 5.02 Å². The number of nitrogens with one attached hydrogen (secondary N) is 1. The van der Waals surface area contributed by atoms with Gasteiger partial charge in [-0.1, -0.05) is 11.6 Å². The van der Waals surface area contributed by atoms with E-state index in [1.54, 1.807) is 30.5 Å². The van der Waals surface area contributed by atoms with Crippen molar-refractivity contribution in [2.75, 3.05) is 23.3 Å². The first-order chi connectivity index (χ1) is 15.3. The van der Waals surface area contributed by atoms with Gasteiger partial charge in [0.1, 0.15) is 11.5 Å². The molecule has 32 heavy (non-hydrogen) atoms. The summed E-state index contributed by atoms with van der Waals surface area (Å²) in [6, 6.07) is 6.29. The minimum Gasteiger partial charge on any atom is -0.476 e. The maximum atomic E-state index is 12.9. The summed E-state index contributed by atoms with van der Waals surface area (Å²) in [7, 11) is 0. The second-order valence-corrected chi connectivity index (χ2v) is 9.25. The number of aromatic carboxylic acids is 1. The van der Waals surface area contributed by atoms with E-state index in [0.717, 1.165) is 25.9 Å². The predicted octanol–water partition coefficient (Wildman–Crippen LogP) is 3.99. The number of hydrogen-bond donors (Lipinski definition) is 2. The van der Waals surface area contributed by atoms with Crippen molar-refractivity contribution in [1.82, 2.24) is 14.4 Å². The molecule has 4 heterocycles. The summed E-state index contributed by atoms with van der Waals surface area (Å²) >= 11 is 6.32. The zero-order valence-electron chi connectivity index (χ0n) is 17.7. The Kier molecular flexibility index (Phi) is 5.04. The lowest BCUT2D eigenvalue weighted by Gasteiger charge is -2.33. The lowest BCUT2D eigenvalue weighted by atomic mass is 9.94. The van der Waals surface area contributed by atoms with Gasteiger partial charge in [-0.2, -0.15) is 0 Å². The molecule has 166 valence electrons. The third kappa shape index (κ3) is 3.79. The summed E-state index contributed by atoms with van der Waals surface area (Å²) in [4.78, 5) is 35.5. The second kappa shape index (κ2) is 7.78. The zero-order chi connectivity index (χ0) is 22.5. The first-order valence-electron chi connectivity index (χ1n) is 10.8. The van der Waals surface area contributed by atoms with Crippen molar-refractivity contribution >= 4 is 34.7 Å². The number of carbonyl (C=O) groups is 1. The number of anilines is 2. The highest BCUT2D eigenvalue weighted by Crippen LogP contribution is 2.53. The molecule has 3 aromatic heterocycles. The zero-order valence-corrected chi connectivity index (χ0v) is 18.5. The minimum absolute atomic E-state index is 0.0705. The summed E-state index contributed by atoms with van der Waals surface area (Å²) in [5.74, 6) is -0.444. The Bertz CT molecular complexity index is 1260. The fourth-order valence-electron chi connectivity index (χ4n) is 4.55. The maximum Gasteiger partial charge on any atom is 0.356 e. The van der Waals surface area contributed by atoms with E-state index in [4.69, 9.17) is 16.6 Å². The minimum atomic E-state index is -1.12. The number of carboxylic acid groups (broad SMARTS) is 1. The number of rotatable bonds is 5. The molecular weight excluding hydrogens is 430 g/mol. The van der Waals surface area contributed by atoms with E-state index < -0.39 is 5.97 Å². The molecule has 0 aromatic carbocycles. The summed E-state index contributed by atoms with van der Waals surface area (Å²) in [5.41, 5.74) is 1.86. The summed E-state index contributed by atoms with van der Waals surface area (Å²) < 4.78 is 1.45. The Balaban J connectivity index is 1.53. The maximum absolute atomic E-state index is 12.9. The van der Waals surface area contributed by atoms with Gasteiger partial charge in [-0.05, 0) is 56.2 Å². The molecule has 1 aliphatic heterocycles. The summed E-state index contributed by atoms with van der Waals surface area (Å²) in [6.45, 7) is 3.68.